The average molecular weight is 262 g/mol. The van der Waals surface area contributed by atoms with Crippen LogP contribution >= 0.6 is 0 Å². The van der Waals surface area contributed by atoms with E-state index in [-0.39, 0.29) is 18.1 Å². The Labute approximate surface area is 109 Å². The number of carboxylic acids is 1. The topological polar surface area (TPSA) is 89.2 Å². The largest absolute Gasteiger partial charge is 0.477 e. The van der Waals surface area contributed by atoms with Gasteiger partial charge >= 0.3 is 5.97 Å². The van der Waals surface area contributed by atoms with Crippen molar-refractivity contribution in [1.29, 1.82) is 0 Å². The zero-order valence-electron chi connectivity index (χ0n) is 10.4. The standard InChI is InChI=1S/C12H14N4O3/c1-15-6-4-13-10(15)7-14-11(17)8-16-5-2-3-9(16)12(18)19/h2-6H,7-8H2,1H3,(H,14,17)(H,18,19). The van der Waals surface area contributed by atoms with E-state index in [1.807, 2.05) is 7.05 Å². The molecule has 0 unspecified atom stereocenters. The van der Waals surface area contributed by atoms with E-state index < -0.39 is 5.97 Å². The molecule has 2 rings (SSSR count). The van der Waals surface area contributed by atoms with E-state index in [0.29, 0.717) is 6.54 Å². The van der Waals surface area contributed by atoms with Crippen LogP contribution in [0.5, 0.6) is 0 Å². The summed E-state index contributed by atoms with van der Waals surface area (Å²) in [5.74, 6) is -0.581. The van der Waals surface area contributed by atoms with Crippen molar-refractivity contribution in [2.45, 2.75) is 13.1 Å². The van der Waals surface area contributed by atoms with Crippen LogP contribution < -0.4 is 5.32 Å². The van der Waals surface area contributed by atoms with Crippen LogP contribution in [0.4, 0.5) is 0 Å². The number of aromatic nitrogens is 3. The molecule has 0 radical (unpaired) electrons. The van der Waals surface area contributed by atoms with Crippen molar-refractivity contribution in [3.05, 3.63) is 42.2 Å². The summed E-state index contributed by atoms with van der Waals surface area (Å²) in [6.45, 7) is 0.283. The number of carbonyl (C=O) groups excluding carboxylic acids is 1. The maximum atomic E-state index is 11.7. The van der Waals surface area contributed by atoms with Gasteiger partial charge in [0.1, 0.15) is 18.1 Å². The summed E-state index contributed by atoms with van der Waals surface area (Å²) in [6.07, 6.45) is 5.00. The van der Waals surface area contributed by atoms with Crippen molar-refractivity contribution in [3.8, 4) is 0 Å². The maximum absolute atomic E-state index is 11.7. The van der Waals surface area contributed by atoms with Crippen molar-refractivity contribution in [2.24, 2.45) is 7.05 Å². The third-order valence-electron chi connectivity index (χ3n) is 2.73. The molecule has 0 aromatic carbocycles. The number of rotatable bonds is 5. The number of aromatic carboxylic acids is 1. The molecule has 0 aliphatic rings. The fourth-order valence-corrected chi connectivity index (χ4v) is 1.70. The Bertz CT molecular complexity index is 600. The van der Waals surface area contributed by atoms with E-state index in [4.69, 9.17) is 5.11 Å². The van der Waals surface area contributed by atoms with E-state index in [1.54, 1.807) is 29.2 Å². The minimum Gasteiger partial charge on any atom is -0.477 e. The highest BCUT2D eigenvalue weighted by Gasteiger charge is 2.11. The fourth-order valence-electron chi connectivity index (χ4n) is 1.70. The molecule has 100 valence electrons. The number of nitrogens with one attached hydrogen (secondary N) is 1. The molecule has 19 heavy (non-hydrogen) atoms. The number of hydrogen-bond acceptors (Lipinski definition) is 3. The number of carbonyl (C=O) groups is 2. The molecule has 2 aromatic rings. The summed E-state index contributed by atoms with van der Waals surface area (Å²) in [5.41, 5.74) is 0.0899. The summed E-state index contributed by atoms with van der Waals surface area (Å²) in [7, 11) is 1.84. The van der Waals surface area contributed by atoms with E-state index in [2.05, 4.69) is 10.3 Å². The number of carboxylic acid groups (broad SMARTS) is 1. The highest BCUT2D eigenvalue weighted by Crippen LogP contribution is 2.02. The Balaban J connectivity index is 1.93. The molecule has 0 spiro atoms. The minimum absolute atomic E-state index is 0.0287. The quantitative estimate of drug-likeness (QED) is 0.807. The predicted octanol–water partition coefficient (Wildman–Crippen LogP) is 0.236. The summed E-state index contributed by atoms with van der Waals surface area (Å²) < 4.78 is 3.19. The van der Waals surface area contributed by atoms with Crippen LogP contribution in [0.25, 0.3) is 0 Å². The molecule has 2 heterocycles. The second kappa shape index (κ2) is 5.38. The van der Waals surface area contributed by atoms with Crippen molar-refractivity contribution in [2.75, 3.05) is 0 Å². The molecule has 0 aliphatic heterocycles. The smallest absolute Gasteiger partial charge is 0.352 e. The third kappa shape index (κ3) is 3.01. The molecular formula is C12H14N4O3. The van der Waals surface area contributed by atoms with Gasteiger partial charge in [-0.05, 0) is 12.1 Å². The lowest BCUT2D eigenvalue weighted by Gasteiger charge is -2.07. The van der Waals surface area contributed by atoms with Gasteiger partial charge in [0.25, 0.3) is 0 Å². The van der Waals surface area contributed by atoms with E-state index in [9.17, 15) is 9.59 Å². The summed E-state index contributed by atoms with van der Waals surface area (Å²) >= 11 is 0. The zero-order chi connectivity index (χ0) is 13.8. The Kier molecular flexibility index (Phi) is 3.65. The lowest BCUT2D eigenvalue weighted by atomic mass is 10.4. The Morgan fingerprint density at radius 1 is 1.42 bits per heavy atom. The lowest BCUT2D eigenvalue weighted by Crippen LogP contribution is -2.29. The molecule has 0 aliphatic carbocycles. The second-order valence-electron chi connectivity index (χ2n) is 4.06. The first-order chi connectivity index (χ1) is 9.08. The van der Waals surface area contributed by atoms with Gasteiger partial charge in [-0.15, -0.1) is 0 Å². The van der Waals surface area contributed by atoms with Crippen LogP contribution in [0.1, 0.15) is 16.3 Å². The molecule has 7 nitrogen and oxygen atoms in total. The second-order valence-corrected chi connectivity index (χ2v) is 4.06. The van der Waals surface area contributed by atoms with Crippen molar-refractivity contribution in [3.63, 3.8) is 0 Å². The highest BCUT2D eigenvalue weighted by atomic mass is 16.4. The van der Waals surface area contributed by atoms with Gasteiger partial charge in [0, 0.05) is 25.6 Å². The number of aryl methyl sites for hydroxylation is 1. The van der Waals surface area contributed by atoms with Crippen LogP contribution in [0, 0.1) is 0 Å². The lowest BCUT2D eigenvalue weighted by molar-refractivity contribution is -0.121. The van der Waals surface area contributed by atoms with Crippen molar-refractivity contribution in [1.82, 2.24) is 19.4 Å². The van der Waals surface area contributed by atoms with Gasteiger partial charge in [0.05, 0.1) is 6.54 Å². The molecule has 2 N–H and O–H groups in total. The molecule has 2 aromatic heterocycles. The van der Waals surface area contributed by atoms with Gasteiger partial charge in [0.2, 0.25) is 5.91 Å². The van der Waals surface area contributed by atoms with Crippen molar-refractivity contribution < 1.29 is 14.7 Å². The van der Waals surface area contributed by atoms with Crippen LogP contribution in [0.3, 0.4) is 0 Å². The Hall–Kier alpha value is -2.57. The predicted molar refractivity (Wildman–Crippen MR) is 66.4 cm³/mol. The minimum atomic E-state index is -1.05. The number of nitrogens with zero attached hydrogens (tertiary/aromatic N) is 3. The molecular weight excluding hydrogens is 248 g/mol. The first-order valence-corrected chi connectivity index (χ1v) is 5.69. The molecule has 7 heteroatoms. The SMILES string of the molecule is Cn1ccnc1CNC(=O)Cn1cccc1C(=O)O. The van der Waals surface area contributed by atoms with Gasteiger partial charge in [-0.2, -0.15) is 0 Å². The van der Waals surface area contributed by atoms with Gasteiger partial charge in [-0.25, -0.2) is 9.78 Å². The Morgan fingerprint density at radius 2 is 2.21 bits per heavy atom. The van der Waals surface area contributed by atoms with Gasteiger partial charge in [-0.3, -0.25) is 4.79 Å². The van der Waals surface area contributed by atoms with Gasteiger partial charge in [-0.1, -0.05) is 0 Å². The first-order valence-electron chi connectivity index (χ1n) is 5.69. The summed E-state index contributed by atoms with van der Waals surface area (Å²) in [5, 5.41) is 11.6. The highest BCUT2D eigenvalue weighted by molar-refractivity contribution is 5.86. The average Bonchev–Trinajstić information content (AvgIpc) is 2.95. The number of amides is 1. The summed E-state index contributed by atoms with van der Waals surface area (Å²) in [4.78, 5) is 26.7. The molecule has 0 bridgehead atoms. The number of hydrogen-bond donors (Lipinski definition) is 2. The molecule has 1 amide bonds. The van der Waals surface area contributed by atoms with E-state index >= 15 is 0 Å². The first kappa shape index (κ1) is 12.9. The zero-order valence-corrected chi connectivity index (χ0v) is 10.4. The van der Waals surface area contributed by atoms with Crippen LogP contribution in [0.2, 0.25) is 0 Å². The van der Waals surface area contributed by atoms with Gasteiger partial charge < -0.3 is 19.6 Å². The fraction of sp³-hybridized carbons (Fsp3) is 0.250. The normalized spacial score (nSPS) is 10.4. The van der Waals surface area contributed by atoms with E-state index in [0.717, 1.165) is 5.82 Å². The third-order valence-corrected chi connectivity index (χ3v) is 2.73. The van der Waals surface area contributed by atoms with Crippen LogP contribution in [-0.4, -0.2) is 31.1 Å². The van der Waals surface area contributed by atoms with Crippen LogP contribution in [-0.2, 0) is 24.9 Å². The molecule has 0 saturated heterocycles. The van der Waals surface area contributed by atoms with Crippen LogP contribution in [0.15, 0.2) is 30.7 Å². The number of imidazole rings is 1. The summed E-state index contributed by atoms with van der Waals surface area (Å²) in [6, 6.07) is 3.05. The van der Waals surface area contributed by atoms with E-state index in [1.165, 1.54) is 10.6 Å². The molecule has 0 saturated carbocycles. The Morgan fingerprint density at radius 3 is 2.84 bits per heavy atom. The monoisotopic (exact) mass is 262 g/mol. The van der Waals surface area contributed by atoms with Gasteiger partial charge in [0.15, 0.2) is 0 Å². The molecule has 0 atom stereocenters. The van der Waals surface area contributed by atoms with Crippen molar-refractivity contribution >= 4 is 11.9 Å². The maximum Gasteiger partial charge on any atom is 0.352 e. The molecule has 0 fully saturated rings.